The first-order valence-corrected chi connectivity index (χ1v) is 7.43. The Labute approximate surface area is 147 Å². The fourth-order valence-corrected chi connectivity index (χ4v) is 2.12. The third-order valence-electron chi connectivity index (χ3n) is 3.39. The highest BCUT2D eigenvalue weighted by Crippen LogP contribution is 2.23. The van der Waals surface area contributed by atoms with Crippen LogP contribution in [-0.4, -0.2) is 30.9 Å². The van der Waals surface area contributed by atoms with E-state index in [1.807, 2.05) is 0 Å². The largest absolute Gasteiger partial charge is 0.454 e. The van der Waals surface area contributed by atoms with Crippen LogP contribution in [0.2, 0.25) is 0 Å². The number of aryl methyl sites for hydroxylation is 1. The third kappa shape index (κ3) is 4.85. The van der Waals surface area contributed by atoms with Crippen LogP contribution in [0.4, 0.5) is 8.78 Å². The first kappa shape index (κ1) is 19.0. The molecule has 0 radical (unpaired) electrons. The number of Topliss-reactive ketones (excluding diaryl/α,β-unsaturated/α-hetero) is 1. The van der Waals surface area contributed by atoms with Crippen LogP contribution in [-0.2, 0) is 4.74 Å². The predicted molar refractivity (Wildman–Crippen MR) is 87.4 cm³/mol. The Morgan fingerprint density at radius 3 is 2.23 bits per heavy atom. The maximum absolute atomic E-state index is 12.4. The summed E-state index contributed by atoms with van der Waals surface area (Å²) in [5, 5.41) is 0. The topological polar surface area (TPSA) is 95.7 Å². The molecule has 0 spiro atoms. The summed E-state index contributed by atoms with van der Waals surface area (Å²) in [7, 11) is 0. The van der Waals surface area contributed by atoms with Crippen molar-refractivity contribution < 1.29 is 32.6 Å². The summed E-state index contributed by atoms with van der Waals surface area (Å²) in [6.45, 7) is -2.06. The van der Waals surface area contributed by atoms with Gasteiger partial charge in [-0.3, -0.25) is 9.59 Å². The summed E-state index contributed by atoms with van der Waals surface area (Å²) in [5.74, 6) is -2.44. The summed E-state index contributed by atoms with van der Waals surface area (Å²) in [6, 6.07) is 9.47. The maximum Gasteiger partial charge on any atom is 0.387 e. The molecule has 2 aromatic rings. The molecule has 2 N–H and O–H groups in total. The van der Waals surface area contributed by atoms with Gasteiger partial charge >= 0.3 is 12.6 Å². The minimum atomic E-state index is -3.09. The normalized spacial score (nSPS) is 10.5. The molecular weight excluding hydrogens is 348 g/mol. The summed E-state index contributed by atoms with van der Waals surface area (Å²) in [6.07, 6.45) is 0. The Balaban J connectivity index is 2.07. The van der Waals surface area contributed by atoms with Gasteiger partial charge in [0.05, 0.1) is 11.1 Å². The number of benzene rings is 2. The van der Waals surface area contributed by atoms with E-state index in [4.69, 9.17) is 10.5 Å². The number of halogens is 2. The first-order chi connectivity index (χ1) is 12.3. The SMILES string of the molecule is Cc1ccc(OC(F)F)c(C(=O)COC(=O)c2ccc(C(N)=O)cc2)c1. The van der Waals surface area contributed by atoms with Crippen molar-refractivity contribution in [3.63, 3.8) is 0 Å². The van der Waals surface area contributed by atoms with E-state index in [0.717, 1.165) is 0 Å². The van der Waals surface area contributed by atoms with Crippen LogP contribution in [0.25, 0.3) is 0 Å². The minimum Gasteiger partial charge on any atom is -0.454 e. The molecule has 0 fully saturated rings. The van der Waals surface area contributed by atoms with Crippen LogP contribution in [0.15, 0.2) is 42.5 Å². The van der Waals surface area contributed by atoms with Gasteiger partial charge < -0.3 is 15.2 Å². The highest BCUT2D eigenvalue weighted by Gasteiger charge is 2.18. The second-order valence-electron chi connectivity index (χ2n) is 5.32. The van der Waals surface area contributed by atoms with Gasteiger partial charge in [-0.05, 0) is 43.3 Å². The molecule has 6 nitrogen and oxygen atoms in total. The molecule has 0 atom stereocenters. The lowest BCUT2D eigenvalue weighted by Gasteiger charge is -2.11. The molecule has 0 saturated heterocycles. The Hall–Kier alpha value is -3.29. The highest BCUT2D eigenvalue weighted by atomic mass is 19.3. The molecule has 0 unspecified atom stereocenters. The van der Waals surface area contributed by atoms with E-state index in [0.29, 0.717) is 5.56 Å². The third-order valence-corrected chi connectivity index (χ3v) is 3.39. The van der Waals surface area contributed by atoms with Crippen LogP contribution >= 0.6 is 0 Å². The fraction of sp³-hybridized carbons (Fsp3) is 0.167. The molecule has 2 aromatic carbocycles. The van der Waals surface area contributed by atoms with Gasteiger partial charge in [0, 0.05) is 5.56 Å². The van der Waals surface area contributed by atoms with E-state index >= 15 is 0 Å². The van der Waals surface area contributed by atoms with Crippen molar-refractivity contribution in [2.45, 2.75) is 13.5 Å². The number of alkyl halides is 2. The number of hydrogen-bond acceptors (Lipinski definition) is 5. The second-order valence-corrected chi connectivity index (χ2v) is 5.32. The first-order valence-electron chi connectivity index (χ1n) is 7.43. The summed E-state index contributed by atoms with van der Waals surface area (Å²) in [5.41, 5.74) is 5.97. The number of rotatable bonds is 7. The van der Waals surface area contributed by atoms with E-state index < -0.39 is 30.9 Å². The van der Waals surface area contributed by atoms with E-state index in [9.17, 15) is 23.2 Å². The fourth-order valence-electron chi connectivity index (χ4n) is 2.12. The Morgan fingerprint density at radius 1 is 1.04 bits per heavy atom. The molecule has 0 aliphatic rings. The average Bonchev–Trinajstić information content (AvgIpc) is 2.60. The molecule has 8 heteroatoms. The summed E-state index contributed by atoms with van der Waals surface area (Å²) >= 11 is 0. The zero-order chi connectivity index (χ0) is 19.3. The number of carbonyl (C=O) groups is 3. The van der Waals surface area contributed by atoms with Gasteiger partial charge in [-0.1, -0.05) is 11.6 Å². The zero-order valence-corrected chi connectivity index (χ0v) is 13.7. The molecule has 136 valence electrons. The lowest BCUT2D eigenvalue weighted by atomic mass is 10.1. The van der Waals surface area contributed by atoms with Crippen molar-refractivity contribution in [1.29, 1.82) is 0 Å². The molecule has 0 aliphatic carbocycles. The van der Waals surface area contributed by atoms with E-state index in [-0.39, 0.29) is 22.4 Å². The van der Waals surface area contributed by atoms with E-state index in [1.54, 1.807) is 6.92 Å². The zero-order valence-electron chi connectivity index (χ0n) is 13.7. The molecular formula is C18H15F2NO5. The summed E-state index contributed by atoms with van der Waals surface area (Å²) in [4.78, 5) is 35.2. The van der Waals surface area contributed by atoms with E-state index in [1.165, 1.54) is 42.5 Å². The molecule has 0 heterocycles. The number of nitrogens with two attached hydrogens (primary N) is 1. The van der Waals surface area contributed by atoms with Crippen molar-refractivity contribution in [2.24, 2.45) is 5.73 Å². The molecule has 0 saturated carbocycles. The van der Waals surface area contributed by atoms with Gasteiger partial charge in [0.25, 0.3) is 0 Å². The molecule has 0 aliphatic heterocycles. The number of primary amides is 1. The second kappa shape index (κ2) is 8.19. The number of carbonyl (C=O) groups excluding carboxylic acids is 3. The lowest BCUT2D eigenvalue weighted by Crippen LogP contribution is -2.16. The number of esters is 1. The quantitative estimate of drug-likeness (QED) is 0.603. The van der Waals surface area contributed by atoms with Gasteiger partial charge in [-0.2, -0.15) is 8.78 Å². The van der Waals surface area contributed by atoms with Gasteiger partial charge in [0.1, 0.15) is 5.75 Å². The molecule has 26 heavy (non-hydrogen) atoms. The monoisotopic (exact) mass is 363 g/mol. The molecule has 0 aromatic heterocycles. The van der Waals surface area contributed by atoms with Gasteiger partial charge in [-0.15, -0.1) is 0 Å². The smallest absolute Gasteiger partial charge is 0.387 e. The molecule has 1 amide bonds. The number of amides is 1. The number of ether oxygens (including phenoxy) is 2. The van der Waals surface area contributed by atoms with Crippen LogP contribution < -0.4 is 10.5 Å². The minimum absolute atomic E-state index is 0.107. The Kier molecular flexibility index (Phi) is 6.00. The highest BCUT2D eigenvalue weighted by molar-refractivity contribution is 6.01. The maximum atomic E-state index is 12.4. The van der Waals surface area contributed by atoms with Crippen molar-refractivity contribution in [2.75, 3.05) is 6.61 Å². The number of ketones is 1. The lowest BCUT2D eigenvalue weighted by molar-refractivity contribution is -0.0502. The molecule has 0 bridgehead atoms. The van der Waals surface area contributed by atoms with Crippen LogP contribution in [0.1, 0.15) is 36.6 Å². The van der Waals surface area contributed by atoms with Gasteiger partial charge in [0.2, 0.25) is 11.7 Å². The van der Waals surface area contributed by atoms with E-state index in [2.05, 4.69) is 4.74 Å². The van der Waals surface area contributed by atoms with Crippen molar-refractivity contribution in [1.82, 2.24) is 0 Å². The summed E-state index contributed by atoms with van der Waals surface area (Å²) < 4.78 is 34.1. The van der Waals surface area contributed by atoms with Crippen molar-refractivity contribution in [3.8, 4) is 5.75 Å². The standard InChI is InChI=1S/C18H15F2NO5/c1-10-2-7-15(26-18(19)20)13(8-10)14(22)9-25-17(24)12-5-3-11(4-6-12)16(21)23/h2-8,18H,9H2,1H3,(H2,21,23). The van der Waals surface area contributed by atoms with Crippen molar-refractivity contribution >= 4 is 17.7 Å². The predicted octanol–water partition coefficient (Wildman–Crippen LogP) is 2.74. The number of hydrogen-bond donors (Lipinski definition) is 1. The molecule has 2 rings (SSSR count). The van der Waals surface area contributed by atoms with Crippen LogP contribution in [0, 0.1) is 6.92 Å². The van der Waals surface area contributed by atoms with Gasteiger partial charge in [0.15, 0.2) is 6.61 Å². The Bertz CT molecular complexity index is 834. The average molecular weight is 363 g/mol. The van der Waals surface area contributed by atoms with Crippen molar-refractivity contribution in [3.05, 3.63) is 64.7 Å². The van der Waals surface area contributed by atoms with Crippen LogP contribution in [0.5, 0.6) is 5.75 Å². The van der Waals surface area contributed by atoms with Gasteiger partial charge in [-0.25, -0.2) is 4.79 Å². The van der Waals surface area contributed by atoms with Crippen LogP contribution in [0.3, 0.4) is 0 Å². The Morgan fingerprint density at radius 2 is 1.65 bits per heavy atom.